The molecule has 0 aliphatic carbocycles. The number of benzene rings is 2. The summed E-state index contributed by atoms with van der Waals surface area (Å²) in [5, 5.41) is 15.1. The molecule has 0 aliphatic rings. The number of rotatable bonds is 13. The molecule has 44 heavy (non-hydrogen) atoms. The Morgan fingerprint density at radius 3 is 2.41 bits per heavy atom. The van der Waals surface area contributed by atoms with Crippen molar-refractivity contribution in [3.63, 3.8) is 0 Å². The molecule has 5 rings (SSSR count). The highest BCUT2D eigenvalue weighted by Gasteiger charge is 2.24. The van der Waals surface area contributed by atoms with Gasteiger partial charge in [-0.15, -0.1) is 0 Å². The van der Waals surface area contributed by atoms with Gasteiger partial charge in [0.15, 0.2) is 11.4 Å². The van der Waals surface area contributed by atoms with Gasteiger partial charge in [0.05, 0.1) is 18.5 Å². The summed E-state index contributed by atoms with van der Waals surface area (Å²) in [5.41, 5.74) is 4.16. The fourth-order valence-electron chi connectivity index (χ4n) is 4.73. The number of thioether (sulfide) groups is 1. The van der Waals surface area contributed by atoms with E-state index in [2.05, 4.69) is 15.1 Å². The number of hydrogen-bond acceptors (Lipinski definition) is 8. The van der Waals surface area contributed by atoms with Gasteiger partial charge in [-0.05, 0) is 47.0 Å². The van der Waals surface area contributed by atoms with E-state index in [4.69, 9.17) is 11.6 Å². The van der Waals surface area contributed by atoms with Crippen LogP contribution >= 0.6 is 23.4 Å². The number of aliphatic hydroxyl groups excluding tert-OH is 1. The Morgan fingerprint density at radius 2 is 1.77 bits per heavy atom. The zero-order valence-electron chi connectivity index (χ0n) is 23.9. The van der Waals surface area contributed by atoms with Crippen LogP contribution in [0.25, 0.3) is 11.3 Å². The summed E-state index contributed by atoms with van der Waals surface area (Å²) in [6.07, 6.45) is 7.04. The maximum atomic E-state index is 13.5. The largest absolute Gasteiger partial charge is 0.395 e. The fourth-order valence-corrected chi connectivity index (χ4v) is 5.80. The average molecular weight is 633 g/mol. The first-order valence-corrected chi connectivity index (χ1v) is 15.2. The zero-order chi connectivity index (χ0) is 31.1. The first-order chi connectivity index (χ1) is 21.3. The van der Waals surface area contributed by atoms with E-state index in [0.717, 1.165) is 34.2 Å². The maximum absolute atomic E-state index is 13.5. The first kappa shape index (κ1) is 31.3. The third-order valence-electron chi connectivity index (χ3n) is 6.94. The van der Waals surface area contributed by atoms with Gasteiger partial charge in [-0.2, -0.15) is 10.1 Å². The summed E-state index contributed by atoms with van der Waals surface area (Å²) in [4.78, 5) is 36.7. The minimum absolute atomic E-state index is 0.175. The molecule has 12 heteroatoms. The van der Waals surface area contributed by atoms with E-state index >= 15 is 0 Å². The van der Waals surface area contributed by atoms with E-state index in [-0.39, 0.29) is 25.4 Å². The number of carbonyl (C=O) groups is 1. The number of carbonyl (C=O) groups excluding carboxylic acids is 1. The SMILES string of the molecule is Cn1cc(Cc2cn(C(C=O)N(CCO)Cc3ccc(-c4ccc(Cl)cc4)nc3)c(SCc3ccc(F)cc3)nc2=O)cn1. The van der Waals surface area contributed by atoms with Gasteiger partial charge in [-0.1, -0.05) is 53.7 Å². The van der Waals surface area contributed by atoms with Gasteiger partial charge in [0.2, 0.25) is 0 Å². The molecular formula is C32H30ClFN6O3S. The molecule has 0 spiro atoms. The molecule has 226 valence electrons. The summed E-state index contributed by atoms with van der Waals surface area (Å²) in [6, 6.07) is 17.3. The molecule has 0 saturated carbocycles. The van der Waals surface area contributed by atoms with Gasteiger partial charge in [0.1, 0.15) is 12.0 Å². The minimum atomic E-state index is -0.894. The van der Waals surface area contributed by atoms with Crippen molar-refractivity contribution in [2.45, 2.75) is 30.0 Å². The summed E-state index contributed by atoms with van der Waals surface area (Å²) in [7, 11) is 1.79. The smallest absolute Gasteiger partial charge is 0.277 e. The van der Waals surface area contributed by atoms with Crippen molar-refractivity contribution in [1.82, 2.24) is 29.2 Å². The Kier molecular flexibility index (Phi) is 10.3. The molecule has 3 aromatic heterocycles. The van der Waals surface area contributed by atoms with Crippen molar-refractivity contribution in [1.29, 1.82) is 0 Å². The maximum Gasteiger partial charge on any atom is 0.277 e. The Bertz CT molecular complexity index is 1760. The molecule has 1 N–H and O–H groups in total. The van der Waals surface area contributed by atoms with E-state index < -0.39 is 11.7 Å². The topological polar surface area (TPSA) is 106 Å². The Morgan fingerprint density at radius 1 is 1.02 bits per heavy atom. The van der Waals surface area contributed by atoms with Crippen LogP contribution in [0.5, 0.6) is 0 Å². The molecule has 0 bridgehead atoms. The van der Waals surface area contributed by atoms with Gasteiger partial charge in [-0.25, -0.2) is 4.39 Å². The molecule has 0 radical (unpaired) electrons. The predicted octanol–water partition coefficient (Wildman–Crippen LogP) is 4.91. The number of aldehydes is 1. The highest BCUT2D eigenvalue weighted by Crippen LogP contribution is 2.26. The van der Waals surface area contributed by atoms with Crippen molar-refractivity contribution >= 4 is 29.6 Å². The monoisotopic (exact) mass is 632 g/mol. The molecule has 5 aromatic rings. The predicted molar refractivity (Wildman–Crippen MR) is 168 cm³/mol. The second kappa shape index (κ2) is 14.5. The van der Waals surface area contributed by atoms with Crippen LogP contribution in [-0.4, -0.2) is 53.8 Å². The summed E-state index contributed by atoms with van der Waals surface area (Å²) in [5.74, 6) is 0.0564. The highest BCUT2D eigenvalue weighted by molar-refractivity contribution is 7.98. The van der Waals surface area contributed by atoms with E-state index in [1.54, 1.807) is 64.1 Å². The molecule has 3 heterocycles. The van der Waals surface area contributed by atoms with E-state index in [1.165, 1.54) is 23.9 Å². The molecule has 1 unspecified atom stereocenters. The van der Waals surface area contributed by atoms with Gasteiger partial charge >= 0.3 is 0 Å². The van der Waals surface area contributed by atoms with Crippen LogP contribution in [0.3, 0.4) is 0 Å². The van der Waals surface area contributed by atoms with Crippen LogP contribution < -0.4 is 5.56 Å². The lowest BCUT2D eigenvalue weighted by Gasteiger charge is -2.30. The quantitative estimate of drug-likeness (QED) is 0.111. The molecule has 1 atom stereocenters. The van der Waals surface area contributed by atoms with Crippen LogP contribution in [-0.2, 0) is 30.6 Å². The number of aryl methyl sites for hydroxylation is 1. The fraction of sp³-hybridized carbons (Fsp3) is 0.219. The third-order valence-corrected chi connectivity index (χ3v) is 8.23. The Labute approximate surface area is 263 Å². The van der Waals surface area contributed by atoms with Crippen LogP contribution in [0.15, 0.2) is 95.4 Å². The van der Waals surface area contributed by atoms with Gasteiger partial charge in [0, 0.05) is 67.1 Å². The summed E-state index contributed by atoms with van der Waals surface area (Å²) >= 11 is 7.28. The molecule has 9 nitrogen and oxygen atoms in total. The minimum Gasteiger partial charge on any atom is -0.395 e. The number of aliphatic hydroxyl groups is 1. The summed E-state index contributed by atoms with van der Waals surface area (Å²) in [6.45, 7) is 0.271. The average Bonchev–Trinajstić information content (AvgIpc) is 3.44. The van der Waals surface area contributed by atoms with E-state index in [1.807, 2.05) is 30.5 Å². The molecule has 0 aliphatic heterocycles. The lowest BCUT2D eigenvalue weighted by molar-refractivity contribution is -0.116. The molecule has 0 saturated heterocycles. The number of aromatic nitrogens is 5. The normalized spacial score (nSPS) is 12.0. The van der Waals surface area contributed by atoms with Gasteiger partial charge in [0.25, 0.3) is 5.56 Å². The molecule has 2 aromatic carbocycles. The van der Waals surface area contributed by atoms with Crippen LogP contribution in [0.2, 0.25) is 5.02 Å². The van der Waals surface area contributed by atoms with Gasteiger partial charge in [-0.3, -0.25) is 24.2 Å². The van der Waals surface area contributed by atoms with E-state index in [0.29, 0.717) is 28.0 Å². The number of nitrogens with zero attached hydrogens (tertiary/aromatic N) is 6. The molecule has 0 amide bonds. The van der Waals surface area contributed by atoms with Crippen molar-refractivity contribution in [2.24, 2.45) is 7.05 Å². The second-order valence-electron chi connectivity index (χ2n) is 10.2. The van der Waals surface area contributed by atoms with Crippen molar-refractivity contribution in [3.8, 4) is 11.3 Å². The lowest BCUT2D eigenvalue weighted by atomic mass is 10.1. The van der Waals surface area contributed by atoms with Crippen LogP contribution in [0, 0.1) is 5.82 Å². The zero-order valence-corrected chi connectivity index (χ0v) is 25.5. The number of halogens is 2. The Hall–Kier alpha value is -4.16. The highest BCUT2D eigenvalue weighted by atomic mass is 35.5. The van der Waals surface area contributed by atoms with Crippen molar-refractivity contribution < 1.29 is 14.3 Å². The Balaban J connectivity index is 1.46. The summed E-state index contributed by atoms with van der Waals surface area (Å²) < 4.78 is 16.8. The first-order valence-electron chi connectivity index (χ1n) is 13.8. The van der Waals surface area contributed by atoms with Crippen LogP contribution in [0.4, 0.5) is 4.39 Å². The second-order valence-corrected chi connectivity index (χ2v) is 11.6. The number of hydrogen-bond donors (Lipinski definition) is 1. The molecule has 0 fully saturated rings. The number of pyridine rings is 1. The van der Waals surface area contributed by atoms with E-state index in [9.17, 15) is 19.1 Å². The third kappa shape index (κ3) is 7.86. The van der Waals surface area contributed by atoms with Crippen molar-refractivity contribution in [2.75, 3.05) is 13.2 Å². The lowest BCUT2D eigenvalue weighted by Crippen LogP contribution is -2.37. The van der Waals surface area contributed by atoms with Gasteiger partial charge < -0.3 is 9.67 Å². The standard InChI is InChI=1S/C32H30ClFN6O3S/c1-38-17-24(16-36-38)14-26-19-40(32(37-31(26)43)44-21-22-2-9-28(34)10-3-22)30(20-42)39(12-13-41)18-23-4-11-29(35-15-23)25-5-7-27(33)8-6-25/h2-11,15-17,19-20,30,41H,12-14,18,21H2,1H3. The molecular weight excluding hydrogens is 603 g/mol. The van der Waals surface area contributed by atoms with Crippen molar-refractivity contribution in [3.05, 3.63) is 129 Å². The van der Waals surface area contributed by atoms with Crippen LogP contribution in [0.1, 0.15) is 28.4 Å².